The Balaban J connectivity index is 2.86. The largest absolute Gasteiger partial charge is 0.497 e. The minimum atomic E-state index is -0.731. The molecular weight excluding hydrogens is 226 g/mol. The molecule has 0 unspecified atom stereocenters. The van der Waals surface area contributed by atoms with E-state index in [-0.39, 0.29) is 0 Å². The number of rotatable bonds is 7. The molecule has 0 saturated heterocycles. The molecule has 0 aromatic heterocycles. The van der Waals surface area contributed by atoms with Crippen LogP contribution in [-0.4, -0.2) is 37.8 Å². The lowest BCUT2D eigenvalue weighted by atomic mass is 9.86. The van der Waals surface area contributed by atoms with Crippen LogP contribution in [0.15, 0.2) is 24.3 Å². The van der Waals surface area contributed by atoms with Gasteiger partial charge in [0.15, 0.2) is 0 Å². The molecule has 1 rings (SSSR count). The normalized spacial score (nSPS) is 14.6. The van der Waals surface area contributed by atoms with Gasteiger partial charge in [-0.2, -0.15) is 0 Å². The van der Waals surface area contributed by atoms with Crippen LogP contribution in [0, 0.1) is 0 Å². The topological polar surface area (TPSA) is 32.7 Å². The second kappa shape index (κ2) is 6.76. The number of aliphatic hydroxyl groups is 1. The predicted molar refractivity (Wildman–Crippen MR) is 75.0 cm³/mol. The van der Waals surface area contributed by atoms with Crippen LogP contribution in [0.3, 0.4) is 0 Å². The summed E-state index contributed by atoms with van der Waals surface area (Å²) in [6.45, 7) is 2.98. The van der Waals surface area contributed by atoms with E-state index in [0.717, 1.165) is 37.1 Å². The van der Waals surface area contributed by atoms with Crippen LogP contribution >= 0.6 is 0 Å². The highest BCUT2D eigenvalue weighted by Gasteiger charge is 2.27. The van der Waals surface area contributed by atoms with E-state index in [1.165, 1.54) is 0 Å². The monoisotopic (exact) mass is 251 g/mol. The molecule has 0 radical (unpaired) electrons. The second-order valence-electron chi connectivity index (χ2n) is 5.06. The summed E-state index contributed by atoms with van der Waals surface area (Å²) in [6, 6.07) is 7.74. The van der Waals surface area contributed by atoms with Gasteiger partial charge in [0.1, 0.15) is 5.75 Å². The lowest BCUT2D eigenvalue weighted by Crippen LogP contribution is -2.30. The first-order valence-electron chi connectivity index (χ1n) is 6.53. The Bertz CT molecular complexity index is 348. The van der Waals surface area contributed by atoms with Gasteiger partial charge in [-0.3, -0.25) is 0 Å². The summed E-state index contributed by atoms with van der Waals surface area (Å²) in [7, 11) is 5.71. The van der Waals surface area contributed by atoms with Crippen molar-refractivity contribution in [3.63, 3.8) is 0 Å². The minimum Gasteiger partial charge on any atom is -0.497 e. The maximum absolute atomic E-state index is 10.8. The smallest absolute Gasteiger partial charge is 0.118 e. The summed E-state index contributed by atoms with van der Waals surface area (Å²) in [5, 5.41) is 10.8. The van der Waals surface area contributed by atoms with Crippen molar-refractivity contribution in [2.24, 2.45) is 0 Å². The van der Waals surface area contributed by atoms with Crippen molar-refractivity contribution in [3.05, 3.63) is 29.8 Å². The Morgan fingerprint density at radius 2 is 1.78 bits per heavy atom. The highest BCUT2D eigenvalue weighted by molar-refractivity contribution is 5.30. The highest BCUT2D eigenvalue weighted by atomic mass is 16.5. The first kappa shape index (κ1) is 15.0. The summed E-state index contributed by atoms with van der Waals surface area (Å²) in [5.74, 6) is 0.824. The van der Waals surface area contributed by atoms with Crippen LogP contribution < -0.4 is 4.74 Å². The summed E-state index contributed by atoms with van der Waals surface area (Å²) in [4.78, 5) is 2.10. The molecule has 0 fully saturated rings. The van der Waals surface area contributed by atoms with Crippen LogP contribution in [0.2, 0.25) is 0 Å². The van der Waals surface area contributed by atoms with Crippen LogP contribution in [0.4, 0.5) is 0 Å². The fourth-order valence-electron chi connectivity index (χ4n) is 2.14. The molecule has 0 heterocycles. The standard InChI is InChI=1S/C15H25NO2/c1-5-10-15(17,11-12-16(2)3)13-6-8-14(18-4)9-7-13/h6-9,17H,5,10-12H2,1-4H3/t15-/m0/s1. The Hall–Kier alpha value is -1.06. The van der Waals surface area contributed by atoms with Crippen molar-refractivity contribution in [1.29, 1.82) is 0 Å². The molecule has 1 aromatic rings. The van der Waals surface area contributed by atoms with Crippen molar-refractivity contribution in [1.82, 2.24) is 4.90 Å². The Morgan fingerprint density at radius 3 is 2.22 bits per heavy atom. The van der Waals surface area contributed by atoms with Gasteiger partial charge >= 0.3 is 0 Å². The fourth-order valence-corrected chi connectivity index (χ4v) is 2.14. The average molecular weight is 251 g/mol. The Morgan fingerprint density at radius 1 is 1.17 bits per heavy atom. The van der Waals surface area contributed by atoms with Gasteiger partial charge in [0.2, 0.25) is 0 Å². The van der Waals surface area contributed by atoms with E-state index in [1.54, 1.807) is 7.11 Å². The van der Waals surface area contributed by atoms with Gasteiger partial charge in [0, 0.05) is 6.54 Å². The van der Waals surface area contributed by atoms with Crippen LogP contribution in [0.1, 0.15) is 31.7 Å². The van der Waals surface area contributed by atoms with Gasteiger partial charge in [0.05, 0.1) is 12.7 Å². The summed E-state index contributed by atoms with van der Waals surface area (Å²) >= 11 is 0. The molecular formula is C15H25NO2. The van der Waals surface area contributed by atoms with E-state index in [2.05, 4.69) is 11.8 Å². The number of hydrogen-bond donors (Lipinski definition) is 1. The van der Waals surface area contributed by atoms with Crippen molar-refractivity contribution in [2.45, 2.75) is 31.8 Å². The fraction of sp³-hybridized carbons (Fsp3) is 0.600. The minimum absolute atomic E-state index is 0.731. The zero-order valence-corrected chi connectivity index (χ0v) is 11.9. The third-order valence-corrected chi connectivity index (χ3v) is 3.26. The number of nitrogens with zero attached hydrogens (tertiary/aromatic N) is 1. The van der Waals surface area contributed by atoms with Crippen molar-refractivity contribution < 1.29 is 9.84 Å². The average Bonchev–Trinajstić information content (AvgIpc) is 2.37. The van der Waals surface area contributed by atoms with E-state index in [4.69, 9.17) is 4.74 Å². The third-order valence-electron chi connectivity index (χ3n) is 3.26. The third kappa shape index (κ3) is 4.00. The van der Waals surface area contributed by atoms with Gasteiger partial charge in [-0.05, 0) is 44.6 Å². The van der Waals surface area contributed by atoms with Crippen molar-refractivity contribution in [3.8, 4) is 5.75 Å². The molecule has 3 nitrogen and oxygen atoms in total. The van der Waals surface area contributed by atoms with E-state index in [0.29, 0.717) is 0 Å². The molecule has 1 aromatic carbocycles. The first-order valence-corrected chi connectivity index (χ1v) is 6.53. The zero-order valence-electron chi connectivity index (χ0n) is 11.9. The highest BCUT2D eigenvalue weighted by Crippen LogP contribution is 2.31. The van der Waals surface area contributed by atoms with E-state index in [1.807, 2.05) is 38.4 Å². The molecule has 0 aliphatic heterocycles. The number of hydrogen-bond acceptors (Lipinski definition) is 3. The van der Waals surface area contributed by atoms with Gasteiger partial charge in [-0.15, -0.1) is 0 Å². The van der Waals surface area contributed by atoms with E-state index >= 15 is 0 Å². The van der Waals surface area contributed by atoms with Crippen LogP contribution in [0.5, 0.6) is 5.75 Å². The molecule has 1 atom stereocenters. The number of methoxy groups -OCH3 is 1. The summed E-state index contributed by atoms with van der Waals surface area (Å²) in [5.41, 5.74) is 0.248. The molecule has 0 bridgehead atoms. The van der Waals surface area contributed by atoms with Gasteiger partial charge < -0.3 is 14.7 Å². The van der Waals surface area contributed by atoms with Crippen LogP contribution in [-0.2, 0) is 5.60 Å². The lowest BCUT2D eigenvalue weighted by molar-refractivity contribution is 0.0116. The second-order valence-corrected chi connectivity index (χ2v) is 5.06. The van der Waals surface area contributed by atoms with Crippen molar-refractivity contribution >= 4 is 0 Å². The van der Waals surface area contributed by atoms with Gasteiger partial charge in [-0.25, -0.2) is 0 Å². The molecule has 18 heavy (non-hydrogen) atoms. The number of ether oxygens (including phenoxy) is 1. The summed E-state index contributed by atoms with van der Waals surface area (Å²) in [6.07, 6.45) is 2.50. The maximum atomic E-state index is 10.8. The van der Waals surface area contributed by atoms with Gasteiger partial charge in [-0.1, -0.05) is 25.5 Å². The van der Waals surface area contributed by atoms with E-state index < -0.39 is 5.60 Å². The molecule has 0 aliphatic rings. The zero-order chi connectivity index (χ0) is 13.6. The molecule has 102 valence electrons. The van der Waals surface area contributed by atoms with E-state index in [9.17, 15) is 5.11 Å². The predicted octanol–water partition coefficient (Wildman–Crippen LogP) is 2.63. The molecule has 0 amide bonds. The van der Waals surface area contributed by atoms with Crippen LogP contribution in [0.25, 0.3) is 0 Å². The Labute approximate surface area is 110 Å². The molecule has 0 saturated carbocycles. The van der Waals surface area contributed by atoms with Crippen molar-refractivity contribution in [2.75, 3.05) is 27.7 Å². The molecule has 3 heteroatoms. The summed E-state index contributed by atoms with van der Waals surface area (Å²) < 4.78 is 5.15. The lowest BCUT2D eigenvalue weighted by Gasteiger charge is -2.30. The molecule has 1 N–H and O–H groups in total. The Kier molecular flexibility index (Phi) is 5.63. The maximum Gasteiger partial charge on any atom is 0.118 e. The quantitative estimate of drug-likeness (QED) is 0.808. The SMILES string of the molecule is CCC[C@](O)(CCN(C)C)c1ccc(OC)cc1. The molecule has 0 spiro atoms. The number of benzene rings is 1. The van der Waals surface area contributed by atoms with Gasteiger partial charge in [0.25, 0.3) is 0 Å². The molecule has 0 aliphatic carbocycles. The first-order chi connectivity index (χ1) is 8.51.